The summed E-state index contributed by atoms with van der Waals surface area (Å²) in [5.74, 6) is 0.660. The topological polar surface area (TPSA) is 112 Å². The molecule has 5 rings (SSSR count). The average molecular weight is 532 g/mol. The van der Waals surface area contributed by atoms with Crippen molar-refractivity contribution in [3.63, 3.8) is 0 Å². The average Bonchev–Trinajstić information content (AvgIpc) is 3.55. The molecular weight excluding hydrogens is 515 g/mol. The fourth-order valence-electron chi connectivity index (χ4n) is 3.81. The van der Waals surface area contributed by atoms with Crippen LogP contribution in [0.5, 0.6) is 0 Å². The number of aromatic amines is 2. The van der Waals surface area contributed by atoms with E-state index in [1.54, 1.807) is 31.3 Å². The standard InChI is InChI=1S/C23H17ClF3N7OS/c1-11-30-19(34-32-11)10-28-22-31-21(35)20(36-22)16(12-3-5-18-14(6-12)9-29-33-18)7-13-2-4-15(24)8-17(13)23(25,26)27/h2-6,8-9H,7,10H2,1H3,(H,29,33)(H,28,31,35)(H,30,32,34). The molecule has 1 aliphatic heterocycles. The van der Waals surface area contributed by atoms with Crippen molar-refractivity contribution >= 4 is 50.9 Å². The molecule has 3 heterocycles. The second-order valence-corrected chi connectivity index (χ2v) is 9.43. The number of amidine groups is 1. The molecule has 2 aromatic carbocycles. The van der Waals surface area contributed by atoms with E-state index >= 15 is 0 Å². The number of hydrogen-bond donors (Lipinski definition) is 3. The maximum absolute atomic E-state index is 13.8. The number of hydrogen-bond acceptors (Lipinski definition) is 6. The predicted octanol–water partition coefficient (Wildman–Crippen LogP) is 5.03. The van der Waals surface area contributed by atoms with Crippen LogP contribution in [0, 0.1) is 6.92 Å². The Morgan fingerprint density at radius 1 is 1.17 bits per heavy atom. The zero-order chi connectivity index (χ0) is 25.4. The Morgan fingerprint density at radius 2 is 2.00 bits per heavy atom. The van der Waals surface area contributed by atoms with Crippen molar-refractivity contribution in [2.45, 2.75) is 26.1 Å². The molecule has 0 saturated heterocycles. The van der Waals surface area contributed by atoms with Crippen LogP contribution in [0.15, 0.2) is 52.5 Å². The van der Waals surface area contributed by atoms with Crippen molar-refractivity contribution in [1.82, 2.24) is 30.7 Å². The van der Waals surface area contributed by atoms with Gasteiger partial charge in [0, 0.05) is 10.4 Å². The third-order valence-corrected chi connectivity index (χ3v) is 6.75. The molecule has 13 heteroatoms. The highest BCUT2D eigenvalue weighted by Gasteiger charge is 2.35. The number of alkyl halides is 3. The molecule has 0 atom stereocenters. The first-order chi connectivity index (χ1) is 17.2. The number of amides is 1. The number of nitrogens with one attached hydrogen (secondary N) is 3. The minimum atomic E-state index is -4.62. The maximum atomic E-state index is 13.8. The summed E-state index contributed by atoms with van der Waals surface area (Å²) in [4.78, 5) is 20.2. The van der Waals surface area contributed by atoms with Crippen LogP contribution >= 0.6 is 23.4 Å². The number of halogens is 4. The number of aryl methyl sites for hydroxylation is 1. The molecule has 0 fully saturated rings. The number of allylic oxidation sites excluding steroid dienone is 1. The monoisotopic (exact) mass is 531 g/mol. The van der Waals surface area contributed by atoms with Gasteiger partial charge in [-0.3, -0.25) is 9.89 Å². The van der Waals surface area contributed by atoms with Gasteiger partial charge in [-0.25, -0.2) is 0 Å². The number of rotatable bonds is 5. The lowest BCUT2D eigenvalue weighted by Crippen LogP contribution is -2.19. The van der Waals surface area contributed by atoms with Crippen LogP contribution < -0.4 is 5.32 Å². The lowest BCUT2D eigenvalue weighted by Gasteiger charge is -2.16. The second-order valence-electron chi connectivity index (χ2n) is 7.99. The van der Waals surface area contributed by atoms with Gasteiger partial charge in [0.05, 0.1) is 28.7 Å². The number of H-pyrrole nitrogens is 2. The normalized spacial score (nSPS) is 15.5. The highest BCUT2D eigenvalue weighted by atomic mass is 35.5. The molecule has 8 nitrogen and oxygen atoms in total. The van der Waals surface area contributed by atoms with E-state index in [1.807, 2.05) is 0 Å². The Balaban J connectivity index is 1.53. The summed E-state index contributed by atoms with van der Waals surface area (Å²) < 4.78 is 41.5. The quantitative estimate of drug-likeness (QED) is 0.311. The Labute approximate surface area is 211 Å². The molecule has 4 aromatic rings. The van der Waals surface area contributed by atoms with E-state index in [0.29, 0.717) is 28.0 Å². The van der Waals surface area contributed by atoms with Gasteiger partial charge in [-0.1, -0.05) is 23.7 Å². The third kappa shape index (κ3) is 5.00. The van der Waals surface area contributed by atoms with Crippen molar-refractivity contribution in [3.05, 3.63) is 80.9 Å². The zero-order valence-electron chi connectivity index (χ0n) is 18.6. The molecular formula is C23H17ClF3N7OS. The van der Waals surface area contributed by atoms with Crippen molar-refractivity contribution < 1.29 is 18.0 Å². The Morgan fingerprint density at radius 3 is 2.75 bits per heavy atom. The lowest BCUT2D eigenvalue weighted by atomic mass is 9.93. The summed E-state index contributed by atoms with van der Waals surface area (Å²) in [6, 6.07) is 8.91. The SMILES string of the molecule is Cc1nnc(CNC2=NC(=O)C(=C(Cc3ccc(Cl)cc3C(F)(F)F)c3ccc4[nH]ncc4c3)S2)[nH]1. The molecule has 36 heavy (non-hydrogen) atoms. The van der Waals surface area contributed by atoms with Crippen LogP contribution in [0.3, 0.4) is 0 Å². The maximum Gasteiger partial charge on any atom is 0.416 e. The van der Waals surface area contributed by atoms with Gasteiger partial charge in [-0.15, -0.1) is 10.2 Å². The van der Waals surface area contributed by atoms with Crippen LogP contribution in [-0.4, -0.2) is 36.5 Å². The summed E-state index contributed by atoms with van der Waals surface area (Å²) >= 11 is 6.93. The van der Waals surface area contributed by atoms with Gasteiger partial charge in [0.15, 0.2) is 5.17 Å². The number of thioether (sulfide) groups is 1. The molecule has 0 spiro atoms. The number of fused-ring (bicyclic) bond motifs is 1. The van der Waals surface area contributed by atoms with Crippen LogP contribution in [-0.2, 0) is 23.9 Å². The number of benzene rings is 2. The van der Waals surface area contributed by atoms with Gasteiger partial charge in [-0.05, 0) is 66.1 Å². The molecule has 1 aliphatic rings. The molecule has 184 valence electrons. The summed E-state index contributed by atoms with van der Waals surface area (Å²) in [6.45, 7) is 2.01. The summed E-state index contributed by atoms with van der Waals surface area (Å²) in [5.41, 5.74) is 0.903. The molecule has 3 N–H and O–H groups in total. The molecule has 0 saturated carbocycles. The summed E-state index contributed by atoms with van der Waals surface area (Å²) in [6.07, 6.45) is -3.17. The number of aliphatic imine (C=N–C) groups is 1. The largest absolute Gasteiger partial charge is 0.416 e. The first-order valence-corrected chi connectivity index (χ1v) is 11.8. The first kappa shape index (κ1) is 24.1. The van der Waals surface area contributed by atoms with E-state index in [2.05, 4.69) is 35.7 Å². The predicted molar refractivity (Wildman–Crippen MR) is 131 cm³/mol. The van der Waals surface area contributed by atoms with Crippen LogP contribution in [0.2, 0.25) is 5.02 Å². The van der Waals surface area contributed by atoms with Crippen molar-refractivity contribution in [2.75, 3.05) is 0 Å². The smallest absolute Gasteiger partial charge is 0.357 e. The second kappa shape index (κ2) is 9.43. The van der Waals surface area contributed by atoms with Gasteiger partial charge < -0.3 is 10.3 Å². The van der Waals surface area contributed by atoms with E-state index < -0.39 is 17.6 Å². The van der Waals surface area contributed by atoms with Gasteiger partial charge in [0.2, 0.25) is 0 Å². The van der Waals surface area contributed by atoms with Gasteiger partial charge in [0.25, 0.3) is 5.91 Å². The van der Waals surface area contributed by atoms with Crippen molar-refractivity contribution in [1.29, 1.82) is 0 Å². The van der Waals surface area contributed by atoms with Gasteiger partial charge in [-0.2, -0.15) is 23.3 Å². The first-order valence-electron chi connectivity index (χ1n) is 10.6. The van der Waals surface area contributed by atoms with E-state index in [0.717, 1.165) is 28.7 Å². The number of carbonyl (C=O) groups is 1. The fraction of sp³-hybridized carbons (Fsp3) is 0.174. The zero-order valence-corrected chi connectivity index (χ0v) is 20.1. The number of aromatic nitrogens is 5. The minimum Gasteiger partial charge on any atom is -0.357 e. The van der Waals surface area contributed by atoms with Crippen molar-refractivity contribution in [2.24, 2.45) is 4.99 Å². The van der Waals surface area contributed by atoms with E-state index in [9.17, 15) is 18.0 Å². The van der Waals surface area contributed by atoms with Gasteiger partial charge >= 0.3 is 6.18 Å². The molecule has 0 radical (unpaired) electrons. The number of nitrogens with zero attached hydrogens (tertiary/aromatic N) is 4. The van der Waals surface area contributed by atoms with Gasteiger partial charge in [0.1, 0.15) is 11.6 Å². The minimum absolute atomic E-state index is 0.00589. The molecule has 0 aliphatic carbocycles. The summed E-state index contributed by atoms with van der Waals surface area (Å²) in [5, 5.41) is 18.8. The molecule has 0 unspecified atom stereocenters. The summed E-state index contributed by atoms with van der Waals surface area (Å²) in [7, 11) is 0. The van der Waals surface area contributed by atoms with Crippen molar-refractivity contribution in [3.8, 4) is 0 Å². The molecule has 0 bridgehead atoms. The van der Waals surface area contributed by atoms with E-state index in [1.165, 1.54) is 12.1 Å². The number of carbonyl (C=O) groups excluding carboxylic acids is 1. The van der Waals surface area contributed by atoms with Crippen LogP contribution in [0.4, 0.5) is 13.2 Å². The molecule has 1 amide bonds. The molecule has 2 aromatic heterocycles. The lowest BCUT2D eigenvalue weighted by molar-refractivity contribution is -0.138. The fourth-order valence-corrected chi connectivity index (χ4v) is 4.89. The Hall–Kier alpha value is -3.64. The van der Waals surface area contributed by atoms with E-state index in [-0.39, 0.29) is 28.5 Å². The Bertz CT molecular complexity index is 1540. The highest BCUT2D eigenvalue weighted by molar-refractivity contribution is 8.18. The van der Waals surface area contributed by atoms with E-state index in [4.69, 9.17) is 11.6 Å². The van der Waals surface area contributed by atoms with Crippen LogP contribution in [0.25, 0.3) is 16.5 Å². The Kier molecular flexibility index (Phi) is 6.31. The third-order valence-electron chi connectivity index (χ3n) is 5.46. The van der Waals surface area contributed by atoms with Crippen LogP contribution in [0.1, 0.15) is 28.3 Å². The highest BCUT2D eigenvalue weighted by Crippen LogP contribution is 2.40.